The molecular formula is C26H27Cl2NO2. The van der Waals surface area contributed by atoms with Gasteiger partial charge in [-0.05, 0) is 68.7 Å². The molecule has 0 heterocycles. The third-order valence-electron chi connectivity index (χ3n) is 5.32. The van der Waals surface area contributed by atoms with Crippen LogP contribution in [0.25, 0.3) is 0 Å². The normalized spacial score (nSPS) is 13.3. The van der Waals surface area contributed by atoms with Crippen LogP contribution in [0.3, 0.4) is 0 Å². The Kier molecular flexibility index (Phi) is 7.64. The van der Waals surface area contributed by atoms with Gasteiger partial charge in [0.1, 0.15) is 5.75 Å². The van der Waals surface area contributed by atoms with Gasteiger partial charge in [-0.25, -0.2) is 0 Å². The molecule has 0 aromatic heterocycles. The van der Waals surface area contributed by atoms with E-state index in [4.69, 9.17) is 27.9 Å². The molecule has 0 bridgehead atoms. The number of carbonyl (C=O) groups excluding carboxylic acids is 1. The summed E-state index contributed by atoms with van der Waals surface area (Å²) in [6.07, 6.45) is 0.712. The molecule has 3 aromatic rings. The summed E-state index contributed by atoms with van der Waals surface area (Å²) < 4.78 is 5.95. The lowest BCUT2D eigenvalue weighted by Gasteiger charge is -2.31. The Hall–Kier alpha value is -2.49. The number of hydrogen-bond donors (Lipinski definition) is 1. The lowest BCUT2D eigenvalue weighted by Crippen LogP contribution is -2.51. The molecule has 0 saturated carbocycles. The second-order valence-corrected chi connectivity index (χ2v) is 8.98. The Labute approximate surface area is 194 Å². The fraction of sp³-hybridized carbons (Fsp3) is 0.269. The van der Waals surface area contributed by atoms with Gasteiger partial charge in [0.15, 0.2) is 5.60 Å². The second kappa shape index (κ2) is 10.2. The van der Waals surface area contributed by atoms with Crippen LogP contribution < -0.4 is 10.1 Å². The van der Waals surface area contributed by atoms with Crippen molar-refractivity contribution in [3.63, 3.8) is 0 Å². The van der Waals surface area contributed by atoms with Crippen LogP contribution in [-0.4, -0.2) is 17.6 Å². The van der Waals surface area contributed by atoms with Gasteiger partial charge in [0.25, 0.3) is 5.91 Å². The second-order valence-electron chi connectivity index (χ2n) is 8.14. The Morgan fingerprint density at radius 2 is 1.55 bits per heavy atom. The third kappa shape index (κ3) is 6.25. The summed E-state index contributed by atoms with van der Waals surface area (Å²) in [6.45, 7) is 5.54. The molecule has 2 atom stereocenters. The SMILES string of the molecule is CC(NC(=O)C(C)(C)Oc1ccc(Cl)cc1)C(Cc1ccccc1Cl)c1ccccc1. The van der Waals surface area contributed by atoms with Crippen LogP contribution in [0.15, 0.2) is 78.9 Å². The zero-order chi connectivity index (χ0) is 22.4. The van der Waals surface area contributed by atoms with Crippen LogP contribution in [0.1, 0.15) is 37.8 Å². The van der Waals surface area contributed by atoms with E-state index in [0.29, 0.717) is 17.2 Å². The molecule has 3 nitrogen and oxygen atoms in total. The summed E-state index contributed by atoms with van der Waals surface area (Å²) in [5, 5.41) is 4.51. The fourth-order valence-electron chi connectivity index (χ4n) is 3.51. The van der Waals surface area contributed by atoms with Crippen molar-refractivity contribution in [2.24, 2.45) is 0 Å². The number of rotatable bonds is 8. The average molecular weight is 456 g/mol. The van der Waals surface area contributed by atoms with Gasteiger partial charge >= 0.3 is 0 Å². The molecule has 0 aliphatic rings. The zero-order valence-corrected chi connectivity index (χ0v) is 19.5. The molecule has 0 spiro atoms. The van der Waals surface area contributed by atoms with Gasteiger partial charge in [-0.15, -0.1) is 0 Å². The monoisotopic (exact) mass is 455 g/mol. The van der Waals surface area contributed by atoms with Crippen molar-refractivity contribution in [1.82, 2.24) is 5.32 Å². The maximum Gasteiger partial charge on any atom is 0.263 e. The van der Waals surface area contributed by atoms with Crippen molar-refractivity contribution in [2.75, 3.05) is 0 Å². The molecule has 1 amide bonds. The molecule has 3 rings (SSSR count). The summed E-state index contributed by atoms with van der Waals surface area (Å²) in [6, 6.07) is 24.8. The van der Waals surface area contributed by atoms with Crippen LogP contribution in [0.5, 0.6) is 5.75 Å². The molecule has 0 aliphatic carbocycles. The summed E-state index contributed by atoms with van der Waals surface area (Å²) in [4.78, 5) is 13.1. The fourth-order valence-corrected chi connectivity index (χ4v) is 3.85. The van der Waals surface area contributed by atoms with E-state index in [0.717, 1.165) is 16.1 Å². The van der Waals surface area contributed by atoms with E-state index in [1.54, 1.807) is 38.1 Å². The number of benzene rings is 3. The highest BCUT2D eigenvalue weighted by Crippen LogP contribution is 2.29. The summed E-state index contributed by atoms with van der Waals surface area (Å²) in [5.41, 5.74) is 1.15. The highest BCUT2D eigenvalue weighted by atomic mass is 35.5. The van der Waals surface area contributed by atoms with Gasteiger partial charge in [-0.2, -0.15) is 0 Å². The predicted molar refractivity (Wildman–Crippen MR) is 128 cm³/mol. The number of hydrogen-bond acceptors (Lipinski definition) is 2. The lowest BCUT2D eigenvalue weighted by molar-refractivity contribution is -0.135. The minimum Gasteiger partial charge on any atom is -0.478 e. The maximum absolute atomic E-state index is 13.1. The van der Waals surface area contributed by atoms with Crippen molar-refractivity contribution >= 4 is 29.1 Å². The Morgan fingerprint density at radius 1 is 0.935 bits per heavy atom. The highest BCUT2D eigenvalue weighted by Gasteiger charge is 2.33. The minimum absolute atomic E-state index is 0.0522. The first kappa shape index (κ1) is 23.2. The standard InChI is InChI=1S/C26H27Cl2NO2/c1-18(29-25(30)26(2,3)31-22-15-13-21(27)14-16-22)23(19-9-5-4-6-10-19)17-20-11-7-8-12-24(20)28/h4-16,18,23H,17H2,1-3H3,(H,29,30). The molecule has 0 saturated heterocycles. The van der Waals surface area contributed by atoms with E-state index in [2.05, 4.69) is 17.4 Å². The topological polar surface area (TPSA) is 38.3 Å². The first-order valence-electron chi connectivity index (χ1n) is 10.3. The number of amides is 1. The summed E-state index contributed by atoms with van der Waals surface area (Å²) in [7, 11) is 0. The molecule has 0 radical (unpaired) electrons. The first-order chi connectivity index (χ1) is 14.8. The number of halogens is 2. The van der Waals surface area contributed by atoms with Gasteiger partial charge in [-0.3, -0.25) is 4.79 Å². The van der Waals surface area contributed by atoms with Crippen molar-refractivity contribution < 1.29 is 9.53 Å². The Morgan fingerprint density at radius 3 is 2.19 bits per heavy atom. The van der Waals surface area contributed by atoms with E-state index < -0.39 is 5.60 Å². The summed E-state index contributed by atoms with van der Waals surface area (Å²) >= 11 is 12.4. The van der Waals surface area contributed by atoms with Gasteiger partial charge in [-0.1, -0.05) is 71.7 Å². The predicted octanol–water partition coefficient (Wildman–Crippen LogP) is 6.68. The number of nitrogens with one attached hydrogen (secondary N) is 1. The first-order valence-corrected chi connectivity index (χ1v) is 11.1. The highest BCUT2D eigenvalue weighted by molar-refractivity contribution is 6.31. The quantitative estimate of drug-likeness (QED) is 0.411. The van der Waals surface area contributed by atoms with Crippen LogP contribution in [0.2, 0.25) is 10.0 Å². The average Bonchev–Trinajstić information content (AvgIpc) is 2.75. The third-order valence-corrected chi connectivity index (χ3v) is 5.94. The van der Waals surface area contributed by atoms with Crippen LogP contribution in [0.4, 0.5) is 0 Å². The molecule has 5 heteroatoms. The van der Waals surface area contributed by atoms with Crippen LogP contribution in [0, 0.1) is 0 Å². The Bertz CT molecular complexity index is 1000. The number of carbonyl (C=O) groups is 1. The van der Waals surface area contributed by atoms with Gasteiger partial charge < -0.3 is 10.1 Å². The molecule has 31 heavy (non-hydrogen) atoms. The van der Waals surface area contributed by atoms with Crippen LogP contribution >= 0.6 is 23.2 Å². The van der Waals surface area contributed by atoms with Crippen molar-refractivity contribution in [2.45, 2.75) is 44.8 Å². The summed E-state index contributed by atoms with van der Waals surface area (Å²) in [5.74, 6) is 0.458. The van der Waals surface area contributed by atoms with E-state index in [1.807, 2.05) is 49.4 Å². The maximum atomic E-state index is 13.1. The molecule has 0 aliphatic heterocycles. The van der Waals surface area contributed by atoms with E-state index in [1.165, 1.54) is 0 Å². The van der Waals surface area contributed by atoms with Crippen molar-refractivity contribution in [1.29, 1.82) is 0 Å². The van der Waals surface area contributed by atoms with Gasteiger partial charge in [0.05, 0.1) is 0 Å². The van der Waals surface area contributed by atoms with E-state index in [9.17, 15) is 4.79 Å². The van der Waals surface area contributed by atoms with Crippen molar-refractivity contribution in [3.05, 3.63) is 100 Å². The van der Waals surface area contributed by atoms with E-state index in [-0.39, 0.29) is 17.9 Å². The molecule has 2 unspecified atom stereocenters. The molecule has 162 valence electrons. The molecule has 0 fully saturated rings. The minimum atomic E-state index is -1.05. The Balaban J connectivity index is 1.77. The zero-order valence-electron chi connectivity index (χ0n) is 17.9. The largest absolute Gasteiger partial charge is 0.478 e. The van der Waals surface area contributed by atoms with Gasteiger partial charge in [0, 0.05) is 22.0 Å². The van der Waals surface area contributed by atoms with Gasteiger partial charge in [0.2, 0.25) is 0 Å². The molecule has 3 aromatic carbocycles. The molecule has 1 N–H and O–H groups in total. The lowest BCUT2D eigenvalue weighted by atomic mass is 9.86. The smallest absolute Gasteiger partial charge is 0.263 e. The van der Waals surface area contributed by atoms with Crippen molar-refractivity contribution in [3.8, 4) is 5.75 Å². The molecular weight excluding hydrogens is 429 g/mol. The van der Waals surface area contributed by atoms with Crippen LogP contribution in [-0.2, 0) is 11.2 Å². The number of ether oxygens (including phenoxy) is 1. The van der Waals surface area contributed by atoms with E-state index >= 15 is 0 Å².